The molecule has 0 aliphatic carbocycles. The van der Waals surface area contributed by atoms with Gasteiger partial charge in [-0.1, -0.05) is 6.07 Å². The van der Waals surface area contributed by atoms with Crippen LogP contribution in [0, 0.1) is 0 Å². The highest BCUT2D eigenvalue weighted by Gasteiger charge is 2.36. The molecule has 1 aliphatic rings. The number of rotatable bonds is 4. The van der Waals surface area contributed by atoms with Crippen molar-refractivity contribution in [1.29, 1.82) is 0 Å². The molecule has 0 fully saturated rings. The van der Waals surface area contributed by atoms with Gasteiger partial charge in [-0.25, -0.2) is 5.01 Å². The molecule has 4 rings (SSSR count). The van der Waals surface area contributed by atoms with Crippen LogP contribution < -0.4 is 4.74 Å². The van der Waals surface area contributed by atoms with Gasteiger partial charge < -0.3 is 13.6 Å². The molecule has 0 saturated carbocycles. The number of nitrogens with zero attached hydrogens (tertiary/aromatic N) is 2. The lowest BCUT2D eigenvalue weighted by Gasteiger charge is -2.20. The molecule has 3 heterocycles. The number of hydrogen-bond donors (Lipinski definition) is 0. The summed E-state index contributed by atoms with van der Waals surface area (Å²) in [6.45, 7) is 0. The minimum atomic E-state index is -0.311. The van der Waals surface area contributed by atoms with Gasteiger partial charge in [-0.3, -0.25) is 4.79 Å². The Morgan fingerprint density at radius 3 is 2.72 bits per heavy atom. The van der Waals surface area contributed by atoms with Crippen LogP contribution in [0.2, 0.25) is 0 Å². The Hall–Kier alpha value is -3.28. The summed E-state index contributed by atoms with van der Waals surface area (Å²) in [7, 11) is 1.57. The number of carbonyl (C=O) groups excluding carboxylic acids is 1. The van der Waals surface area contributed by atoms with Crippen molar-refractivity contribution in [3.8, 4) is 5.75 Å². The number of carbonyl (C=O) groups is 1. The zero-order valence-corrected chi connectivity index (χ0v) is 13.6. The highest BCUT2D eigenvalue weighted by Crippen LogP contribution is 2.34. The SMILES string of the molecule is COc1cccc(C(=O)N2N=C(c3ccco3)CC2c2ccco2)c1. The normalized spacial score (nSPS) is 16.8. The monoisotopic (exact) mass is 336 g/mol. The molecular formula is C19H16N2O4. The van der Waals surface area contributed by atoms with Crippen LogP contribution in [0.5, 0.6) is 5.75 Å². The van der Waals surface area contributed by atoms with Crippen LogP contribution >= 0.6 is 0 Å². The molecule has 2 aromatic heterocycles. The molecule has 3 aromatic rings. The van der Waals surface area contributed by atoms with Gasteiger partial charge >= 0.3 is 0 Å². The van der Waals surface area contributed by atoms with Gasteiger partial charge in [0.25, 0.3) is 5.91 Å². The number of benzene rings is 1. The van der Waals surface area contributed by atoms with Gasteiger partial charge in [0.05, 0.1) is 19.6 Å². The maximum absolute atomic E-state index is 13.0. The van der Waals surface area contributed by atoms with E-state index in [0.717, 1.165) is 0 Å². The van der Waals surface area contributed by atoms with E-state index in [1.807, 2.05) is 12.1 Å². The summed E-state index contributed by atoms with van der Waals surface area (Å²) in [5.41, 5.74) is 1.21. The molecule has 6 nitrogen and oxygen atoms in total. The lowest BCUT2D eigenvalue weighted by Crippen LogP contribution is -2.26. The molecule has 0 bridgehead atoms. The highest BCUT2D eigenvalue weighted by molar-refractivity contribution is 6.03. The van der Waals surface area contributed by atoms with Crippen LogP contribution in [-0.4, -0.2) is 23.7 Å². The van der Waals surface area contributed by atoms with Gasteiger partial charge in [0, 0.05) is 12.0 Å². The van der Waals surface area contributed by atoms with Crippen molar-refractivity contribution in [2.24, 2.45) is 5.10 Å². The molecule has 0 spiro atoms. The number of hydrogen-bond acceptors (Lipinski definition) is 5. The summed E-state index contributed by atoms with van der Waals surface area (Å²) in [5.74, 6) is 1.73. The fourth-order valence-electron chi connectivity index (χ4n) is 2.88. The number of amides is 1. The first-order chi connectivity index (χ1) is 12.3. The third-order valence-electron chi connectivity index (χ3n) is 4.11. The van der Waals surface area contributed by atoms with Crippen molar-refractivity contribution >= 4 is 11.6 Å². The second kappa shape index (κ2) is 6.32. The maximum atomic E-state index is 13.0. The molecule has 1 unspecified atom stereocenters. The zero-order valence-electron chi connectivity index (χ0n) is 13.6. The van der Waals surface area contributed by atoms with Gasteiger partial charge in [-0.05, 0) is 42.5 Å². The van der Waals surface area contributed by atoms with Crippen LogP contribution in [0.3, 0.4) is 0 Å². The summed E-state index contributed by atoms with van der Waals surface area (Å²) < 4.78 is 16.2. The predicted molar refractivity (Wildman–Crippen MR) is 90.5 cm³/mol. The molecule has 1 atom stereocenters. The largest absolute Gasteiger partial charge is 0.497 e. The van der Waals surface area contributed by atoms with E-state index in [2.05, 4.69) is 5.10 Å². The van der Waals surface area contributed by atoms with Crippen LogP contribution in [-0.2, 0) is 0 Å². The Labute approximate surface area is 144 Å². The molecule has 6 heteroatoms. The second-order valence-corrected chi connectivity index (χ2v) is 5.64. The lowest BCUT2D eigenvalue weighted by atomic mass is 10.1. The van der Waals surface area contributed by atoms with Crippen molar-refractivity contribution in [1.82, 2.24) is 5.01 Å². The van der Waals surface area contributed by atoms with E-state index < -0.39 is 0 Å². The number of methoxy groups -OCH3 is 1. The molecule has 25 heavy (non-hydrogen) atoms. The topological polar surface area (TPSA) is 68.2 Å². The summed E-state index contributed by atoms with van der Waals surface area (Å²) in [6.07, 6.45) is 3.71. The average Bonchev–Trinajstić information content (AvgIpc) is 3.41. The third kappa shape index (κ3) is 2.82. The fourth-order valence-corrected chi connectivity index (χ4v) is 2.88. The number of ether oxygens (including phenoxy) is 1. The van der Waals surface area contributed by atoms with Gasteiger partial charge in [0.1, 0.15) is 29.0 Å². The minimum Gasteiger partial charge on any atom is -0.497 e. The van der Waals surface area contributed by atoms with Gasteiger partial charge in [-0.15, -0.1) is 0 Å². The highest BCUT2D eigenvalue weighted by atomic mass is 16.5. The maximum Gasteiger partial charge on any atom is 0.274 e. The van der Waals surface area contributed by atoms with E-state index in [-0.39, 0.29) is 11.9 Å². The molecule has 1 aliphatic heterocycles. The van der Waals surface area contributed by atoms with Gasteiger partial charge in [0.15, 0.2) is 0 Å². The first kappa shape index (κ1) is 15.3. The summed E-state index contributed by atoms with van der Waals surface area (Å²) in [5, 5.41) is 5.96. The van der Waals surface area contributed by atoms with E-state index in [1.54, 1.807) is 56.0 Å². The first-order valence-corrected chi connectivity index (χ1v) is 7.88. The van der Waals surface area contributed by atoms with Crippen molar-refractivity contribution in [3.63, 3.8) is 0 Å². The molecule has 0 radical (unpaired) electrons. The second-order valence-electron chi connectivity index (χ2n) is 5.64. The lowest BCUT2D eigenvalue weighted by molar-refractivity contribution is 0.0692. The van der Waals surface area contributed by atoms with Crippen molar-refractivity contribution in [3.05, 3.63) is 78.1 Å². The van der Waals surface area contributed by atoms with E-state index in [4.69, 9.17) is 13.6 Å². The van der Waals surface area contributed by atoms with E-state index in [0.29, 0.717) is 35.0 Å². The third-order valence-corrected chi connectivity index (χ3v) is 4.11. The van der Waals surface area contributed by atoms with E-state index in [1.165, 1.54) is 5.01 Å². The van der Waals surface area contributed by atoms with Crippen molar-refractivity contribution < 1.29 is 18.4 Å². The Bertz CT molecular complexity index is 897. The zero-order chi connectivity index (χ0) is 17.2. The molecular weight excluding hydrogens is 320 g/mol. The molecule has 0 N–H and O–H groups in total. The first-order valence-electron chi connectivity index (χ1n) is 7.88. The summed E-state index contributed by atoms with van der Waals surface area (Å²) in [6, 6.07) is 14.0. The predicted octanol–water partition coefficient (Wildman–Crippen LogP) is 3.87. The summed E-state index contributed by atoms with van der Waals surface area (Å²) >= 11 is 0. The van der Waals surface area contributed by atoms with Gasteiger partial charge in [0.2, 0.25) is 0 Å². The molecule has 126 valence electrons. The van der Waals surface area contributed by atoms with Crippen LogP contribution in [0.1, 0.15) is 34.3 Å². The van der Waals surface area contributed by atoms with E-state index >= 15 is 0 Å². The molecule has 0 saturated heterocycles. The molecule has 1 aromatic carbocycles. The number of hydrazone groups is 1. The van der Waals surface area contributed by atoms with Crippen LogP contribution in [0.15, 0.2) is 75.0 Å². The van der Waals surface area contributed by atoms with E-state index in [9.17, 15) is 4.79 Å². The average molecular weight is 336 g/mol. The quantitative estimate of drug-likeness (QED) is 0.725. The Morgan fingerprint density at radius 1 is 1.16 bits per heavy atom. The Balaban J connectivity index is 1.71. The minimum absolute atomic E-state index is 0.221. The molecule has 1 amide bonds. The van der Waals surface area contributed by atoms with Crippen molar-refractivity contribution in [2.45, 2.75) is 12.5 Å². The van der Waals surface area contributed by atoms with Crippen LogP contribution in [0.4, 0.5) is 0 Å². The fraction of sp³-hybridized carbons (Fsp3) is 0.158. The summed E-state index contributed by atoms with van der Waals surface area (Å²) in [4.78, 5) is 13.0. The standard InChI is InChI=1S/C19H16N2O4/c1-23-14-6-2-5-13(11-14)19(22)21-16(18-8-4-10-25-18)12-15(20-21)17-7-3-9-24-17/h2-11,16H,12H2,1H3. The Morgan fingerprint density at radius 2 is 2.00 bits per heavy atom. The number of furan rings is 2. The Kier molecular flexibility index (Phi) is 3.85. The van der Waals surface area contributed by atoms with Crippen molar-refractivity contribution in [2.75, 3.05) is 7.11 Å². The smallest absolute Gasteiger partial charge is 0.274 e. The van der Waals surface area contributed by atoms with Crippen LogP contribution in [0.25, 0.3) is 0 Å². The van der Waals surface area contributed by atoms with Gasteiger partial charge in [-0.2, -0.15) is 5.10 Å².